The van der Waals surface area contributed by atoms with Gasteiger partial charge in [-0.15, -0.1) is 0 Å². The highest BCUT2D eigenvalue weighted by Crippen LogP contribution is 2.15. The summed E-state index contributed by atoms with van der Waals surface area (Å²) in [6.45, 7) is 6.53. The molecule has 0 saturated carbocycles. The van der Waals surface area contributed by atoms with E-state index < -0.39 is 0 Å². The number of hydrogen-bond donors (Lipinski definition) is 1. The van der Waals surface area contributed by atoms with Crippen LogP contribution in [0.5, 0.6) is 0 Å². The third-order valence-corrected chi connectivity index (χ3v) is 4.67. The number of nitrogens with one attached hydrogen (secondary N) is 1. The summed E-state index contributed by atoms with van der Waals surface area (Å²) in [6, 6.07) is 3.32. The number of halogens is 2. The van der Waals surface area contributed by atoms with E-state index in [1.807, 2.05) is 33.9 Å². The van der Waals surface area contributed by atoms with Crippen molar-refractivity contribution < 1.29 is 4.74 Å². The van der Waals surface area contributed by atoms with E-state index in [0.717, 1.165) is 11.4 Å². The van der Waals surface area contributed by atoms with E-state index >= 15 is 0 Å². The minimum Gasteiger partial charge on any atom is -0.358 e. The van der Waals surface area contributed by atoms with E-state index in [1.165, 1.54) is 10.7 Å². The zero-order valence-electron chi connectivity index (χ0n) is 14.0. The number of aryl methyl sites for hydroxylation is 2. The molecule has 0 bridgehead atoms. The van der Waals surface area contributed by atoms with Gasteiger partial charge in [-0.1, -0.05) is 34.4 Å². The van der Waals surface area contributed by atoms with Gasteiger partial charge in [0, 0.05) is 30.6 Å². The van der Waals surface area contributed by atoms with E-state index in [1.54, 1.807) is 13.6 Å². The monoisotopic (exact) mass is 485 g/mol. The molecule has 2 heterocycles. The largest absolute Gasteiger partial charge is 0.358 e. The van der Waals surface area contributed by atoms with Crippen LogP contribution >= 0.6 is 41.7 Å². The van der Waals surface area contributed by atoms with Crippen LogP contribution in [0.15, 0.2) is 16.9 Å². The van der Waals surface area contributed by atoms with Crippen molar-refractivity contribution in [3.63, 3.8) is 0 Å². The fraction of sp³-hybridized carbons (Fsp3) is 0.500. The Bertz CT molecular complexity index is 687. The predicted molar refractivity (Wildman–Crippen MR) is 109 cm³/mol. The summed E-state index contributed by atoms with van der Waals surface area (Å²) in [6.07, 6.45) is 0. The van der Waals surface area contributed by atoms with Crippen LogP contribution in [0, 0.1) is 6.92 Å². The van der Waals surface area contributed by atoms with E-state index in [-0.39, 0.29) is 17.4 Å². The first-order valence-electron chi connectivity index (χ1n) is 7.38. The van der Waals surface area contributed by atoms with Crippen LogP contribution in [0.1, 0.15) is 19.5 Å². The molecule has 0 aromatic carbocycles. The summed E-state index contributed by atoms with van der Waals surface area (Å²) < 4.78 is 8.30. The second-order valence-electron chi connectivity index (χ2n) is 4.46. The highest BCUT2D eigenvalue weighted by molar-refractivity contribution is 14.2. The van der Waals surface area contributed by atoms with E-state index in [2.05, 4.69) is 36.7 Å². The number of nitrogens with zero attached hydrogens (tertiary/aromatic N) is 4. The van der Waals surface area contributed by atoms with Gasteiger partial charge in [-0.25, -0.2) is 4.68 Å². The van der Waals surface area contributed by atoms with Gasteiger partial charge in [0.15, 0.2) is 11.0 Å². The molecule has 7 nitrogen and oxygen atoms in total. The van der Waals surface area contributed by atoms with Crippen molar-refractivity contribution in [1.29, 1.82) is 0 Å². The van der Waals surface area contributed by atoms with Gasteiger partial charge in [-0.2, -0.15) is 10.2 Å². The fourth-order valence-corrected chi connectivity index (χ4v) is 2.61. The Morgan fingerprint density at radius 2 is 2.08 bits per heavy atom. The number of anilines is 2. The van der Waals surface area contributed by atoms with Gasteiger partial charge in [0.25, 0.3) is 5.56 Å². The summed E-state index contributed by atoms with van der Waals surface area (Å²) >= 11 is 8.16. The molecule has 134 valence electrons. The molecule has 2 rings (SSSR count). The molecule has 0 aliphatic rings. The van der Waals surface area contributed by atoms with Crippen molar-refractivity contribution >= 4 is 53.2 Å². The fourth-order valence-electron chi connectivity index (χ4n) is 1.69. The predicted octanol–water partition coefficient (Wildman–Crippen LogP) is 3.77. The normalized spacial score (nSPS) is 10.2. The van der Waals surface area contributed by atoms with Gasteiger partial charge in [0.2, 0.25) is 0 Å². The molecule has 0 fully saturated rings. The van der Waals surface area contributed by atoms with Gasteiger partial charge < -0.3 is 10.1 Å². The van der Waals surface area contributed by atoms with E-state index in [4.69, 9.17) is 16.3 Å². The highest BCUT2D eigenvalue weighted by Gasteiger charge is 2.10. The van der Waals surface area contributed by atoms with Crippen molar-refractivity contribution in [2.45, 2.75) is 27.5 Å². The molecule has 10 heteroatoms. The Balaban J connectivity index is 0.00000139. The number of hydrogen-bond acceptors (Lipinski definition) is 6. The van der Waals surface area contributed by atoms with E-state index in [9.17, 15) is 4.79 Å². The van der Waals surface area contributed by atoms with Crippen molar-refractivity contribution in [3.05, 3.63) is 33.3 Å². The molecule has 0 aliphatic heterocycles. The average molecular weight is 486 g/mol. The van der Waals surface area contributed by atoms with Crippen LogP contribution in [-0.2, 0) is 18.5 Å². The summed E-state index contributed by atoms with van der Waals surface area (Å²) in [5.74, 6) is 1.42. The van der Waals surface area contributed by atoms with Crippen LogP contribution < -0.4 is 10.9 Å². The van der Waals surface area contributed by atoms with Gasteiger partial charge >= 0.3 is 0 Å². The maximum Gasteiger partial charge on any atom is 0.292 e. The van der Waals surface area contributed by atoms with Crippen molar-refractivity contribution in [2.75, 3.05) is 17.7 Å². The summed E-state index contributed by atoms with van der Waals surface area (Å²) in [5, 5.41) is 11.4. The van der Waals surface area contributed by atoms with Crippen LogP contribution in [0.4, 0.5) is 11.5 Å². The highest BCUT2D eigenvalue weighted by atomic mass is 127. The Hall–Kier alpha value is -0.780. The number of ether oxygens (including phenoxy) is 1. The zero-order chi connectivity index (χ0) is 18.1. The van der Waals surface area contributed by atoms with Gasteiger partial charge in [-0.3, -0.25) is 9.48 Å². The average Bonchev–Trinajstić information content (AvgIpc) is 2.88. The molecular weight excluding hydrogens is 465 g/mol. The van der Waals surface area contributed by atoms with Crippen LogP contribution in [0.2, 0.25) is 5.15 Å². The van der Waals surface area contributed by atoms with Crippen LogP contribution in [-0.4, -0.2) is 31.9 Å². The SMILES string of the molecule is CC.Cc1cc(Nc2cc(Cl)nn(COCCSI)c2=O)nn1C. The number of aromatic nitrogens is 4. The van der Waals surface area contributed by atoms with Crippen molar-refractivity contribution in [2.24, 2.45) is 7.05 Å². The number of rotatable bonds is 7. The summed E-state index contributed by atoms with van der Waals surface area (Å²) in [5.41, 5.74) is 0.974. The zero-order valence-corrected chi connectivity index (χ0v) is 17.8. The molecule has 0 aliphatic carbocycles. The maximum absolute atomic E-state index is 12.3. The lowest BCUT2D eigenvalue weighted by Crippen LogP contribution is -2.26. The Kier molecular flexibility index (Phi) is 9.71. The first kappa shape index (κ1) is 21.3. The van der Waals surface area contributed by atoms with Crippen LogP contribution in [0.25, 0.3) is 0 Å². The molecular formula is C14H21ClIN5O2S. The standard InChI is InChI=1S/C12H15ClIN5O2S.C2H6/c1-8-5-11(17-18(8)2)15-9-6-10(13)16-19(12(9)20)7-21-3-4-22-14;1-2/h5-6H,3-4,7H2,1-2H3,(H,15,17);1-2H3. The minimum atomic E-state index is -0.310. The molecule has 0 radical (unpaired) electrons. The van der Waals surface area contributed by atoms with E-state index in [0.29, 0.717) is 18.1 Å². The second-order valence-corrected chi connectivity index (χ2v) is 7.34. The lowest BCUT2D eigenvalue weighted by atomic mass is 10.4. The smallest absolute Gasteiger partial charge is 0.292 e. The third-order valence-electron chi connectivity index (χ3n) is 2.84. The van der Waals surface area contributed by atoms with Crippen molar-refractivity contribution in [3.8, 4) is 0 Å². The molecule has 2 aromatic rings. The molecule has 0 spiro atoms. The molecule has 1 N–H and O–H groups in total. The minimum absolute atomic E-state index is 0.0620. The maximum atomic E-state index is 12.3. The Morgan fingerprint density at radius 1 is 1.38 bits per heavy atom. The van der Waals surface area contributed by atoms with Gasteiger partial charge in [-0.05, 0) is 28.1 Å². The van der Waals surface area contributed by atoms with Gasteiger partial charge in [0.1, 0.15) is 12.4 Å². The molecule has 24 heavy (non-hydrogen) atoms. The second kappa shape index (κ2) is 11.0. The first-order chi connectivity index (χ1) is 11.5. The topological polar surface area (TPSA) is 74.0 Å². The summed E-state index contributed by atoms with van der Waals surface area (Å²) in [4.78, 5) is 12.3. The molecule has 0 amide bonds. The Morgan fingerprint density at radius 3 is 2.67 bits per heavy atom. The molecule has 0 atom stereocenters. The third kappa shape index (κ3) is 6.26. The molecule has 0 saturated heterocycles. The van der Waals surface area contributed by atoms with Crippen molar-refractivity contribution in [1.82, 2.24) is 19.6 Å². The molecule has 2 aromatic heterocycles. The lowest BCUT2D eigenvalue weighted by molar-refractivity contribution is 0.0778. The lowest BCUT2D eigenvalue weighted by Gasteiger charge is -2.09. The first-order valence-corrected chi connectivity index (χ1v) is 11.3. The quantitative estimate of drug-likeness (QED) is 0.475. The van der Waals surface area contributed by atoms with Gasteiger partial charge in [0.05, 0.1) is 6.61 Å². The molecule has 0 unspecified atom stereocenters. The Labute approximate surface area is 162 Å². The summed E-state index contributed by atoms with van der Waals surface area (Å²) in [7, 11) is 3.47. The van der Waals surface area contributed by atoms with Crippen LogP contribution in [0.3, 0.4) is 0 Å².